The van der Waals surface area contributed by atoms with Crippen LogP contribution in [0.4, 0.5) is 0 Å². The number of aromatic nitrogens is 3. The summed E-state index contributed by atoms with van der Waals surface area (Å²) >= 11 is 0. The summed E-state index contributed by atoms with van der Waals surface area (Å²) in [6.45, 7) is 8.31. The van der Waals surface area contributed by atoms with Gasteiger partial charge in [-0.15, -0.1) is 10.2 Å². The van der Waals surface area contributed by atoms with Gasteiger partial charge in [0, 0.05) is 13.1 Å². The fraction of sp³-hybridized carbons (Fsp3) is 0.500. The van der Waals surface area contributed by atoms with Crippen molar-refractivity contribution in [2.24, 2.45) is 5.92 Å². The van der Waals surface area contributed by atoms with Crippen LogP contribution in [0.15, 0.2) is 18.2 Å². The molecule has 1 N–H and O–H groups in total. The third-order valence-corrected chi connectivity index (χ3v) is 4.02. The molecule has 1 atom stereocenters. The number of ether oxygens (including phenoxy) is 1. The van der Waals surface area contributed by atoms with E-state index in [1.54, 1.807) is 7.11 Å². The average molecular weight is 286 g/mol. The van der Waals surface area contributed by atoms with Crippen LogP contribution in [0, 0.1) is 12.8 Å². The summed E-state index contributed by atoms with van der Waals surface area (Å²) in [6, 6.07) is 6.42. The number of methoxy groups -OCH3 is 1. The minimum absolute atomic E-state index is 0.260. The van der Waals surface area contributed by atoms with Crippen molar-refractivity contribution in [3.8, 4) is 17.1 Å². The average Bonchev–Trinajstić information content (AvgIpc) is 2.90. The summed E-state index contributed by atoms with van der Waals surface area (Å²) in [7, 11) is 1.69. The van der Waals surface area contributed by atoms with Gasteiger partial charge in [0.2, 0.25) is 0 Å². The summed E-state index contributed by atoms with van der Waals surface area (Å²) in [6.07, 6.45) is 0. The number of nitrogens with one attached hydrogen (secondary N) is 1. The molecule has 1 aliphatic rings. The zero-order valence-electron chi connectivity index (χ0n) is 13.1. The third kappa shape index (κ3) is 2.42. The Morgan fingerprint density at radius 1 is 1.33 bits per heavy atom. The van der Waals surface area contributed by atoms with Gasteiger partial charge in [-0.25, -0.2) is 0 Å². The Balaban J connectivity index is 2.11. The molecule has 1 aliphatic heterocycles. The number of rotatable bonds is 3. The number of hydrogen-bond acceptors (Lipinski definition) is 4. The molecule has 2 aromatic rings. The van der Waals surface area contributed by atoms with E-state index < -0.39 is 0 Å². The molecule has 0 amide bonds. The minimum atomic E-state index is 0.260. The van der Waals surface area contributed by atoms with E-state index in [2.05, 4.69) is 46.9 Å². The van der Waals surface area contributed by atoms with Gasteiger partial charge in [-0.1, -0.05) is 25.5 Å². The predicted octanol–water partition coefficient (Wildman–Crippen LogP) is 2.56. The zero-order valence-corrected chi connectivity index (χ0v) is 13.1. The quantitative estimate of drug-likeness (QED) is 0.942. The van der Waals surface area contributed by atoms with E-state index in [1.165, 1.54) is 5.56 Å². The van der Waals surface area contributed by atoms with Crippen molar-refractivity contribution in [1.82, 2.24) is 20.1 Å². The fourth-order valence-electron chi connectivity index (χ4n) is 2.92. The van der Waals surface area contributed by atoms with Crippen LogP contribution in [0.25, 0.3) is 11.4 Å². The van der Waals surface area contributed by atoms with E-state index in [1.807, 2.05) is 12.1 Å². The molecule has 1 unspecified atom stereocenters. The summed E-state index contributed by atoms with van der Waals surface area (Å²) in [5, 5.41) is 12.4. The normalized spacial score (nSPS) is 17.9. The van der Waals surface area contributed by atoms with Gasteiger partial charge in [-0.05, 0) is 25.0 Å². The van der Waals surface area contributed by atoms with E-state index in [0.29, 0.717) is 5.92 Å². The highest BCUT2D eigenvalue weighted by Gasteiger charge is 2.28. The van der Waals surface area contributed by atoms with E-state index in [4.69, 9.17) is 4.74 Å². The molecule has 0 radical (unpaired) electrons. The van der Waals surface area contributed by atoms with Crippen molar-refractivity contribution in [1.29, 1.82) is 0 Å². The Morgan fingerprint density at radius 3 is 2.86 bits per heavy atom. The molecule has 0 fully saturated rings. The van der Waals surface area contributed by atoms with Crippen molar-refractivity contribution >= 4 is 0 Å². The first kappa shape index (κ1) is 14.1. The summed E-state index contributed by atoms with van der Waals surface area (Å²) in [5.41, 5.74) is 2.21. The summed E-state index contributed by atoms with van der Waals surface area (Å²) < 4.78 is 7.71. The lowest BCUT2D eigenvalue weighted by molar-refractivity contribution is 0.339. The third-order valence-electron chi connectivity index (χ3n) is 4.02. The lowest BCUT2D eigenvalue weighted by Gasteiger charge is -2.27. The molecule has 1 aromatic carbocycles. The van der Waals surface area contributed by atoms with E-state index in [0.717, 1.165) is 36.1 Å². The Labute approximate surface area is 125 Å². The molecule has 112 valence electrons. The molecule has 2 heterocycles. The Hall–Kier alpha value is -1.88. The van der Waals surface area contributed by atoms with Crippen molar-refractivity contribution in [2.45, 2.75) is 33.4 Å². The van der Waals surface area contributed by atoms with Gasteiger partial charge in [0.1, 0.15) is 5.75 Å². The molecule has 3 rings (SSSR count). The largest absolute Gasteiger partial charge is 0.496 e. The summed E-state index contributed by atoms with van der Waals surface area (Å²) in [4.78, 5) is 0. The van der Waals surface area contributed by atoms with Crippen LogP contribution in [0.3, 0.4) is 0 Å². The number of aryl methyl sites for hydroxylation is 1. The van der Waals surface area contributed by atoms with Crippen molar-refractivity contribution < 1.29 is 4.74 Å². The second-order valence-electron chi connectivity index (χ2n) is 5.91. The van der Waals surface area contributed by atoms with Crippen LogP contribution in [0.5, 0.6) is 5.75 Å². The molecular formula is C16H22N4O. The van der Waals surface area contributed by atoms with Crippen LogP contribution < -0.4 is 10.1 Å². The van der Waals surface area contributed by atoms with Gasteiger partial charge in [0.25, 0.3) is 0 Å². The standard InChI is InChI=1S/C16H22N4O/c1-10(2)14-16-19-18-15(20(16)8-7-17-14)12-9-11(3)5-6-13(12)21-4/h5-6,9-10,14,17H,7-8H2,1-4H3. The molecule has 1 aromatic heterocycles. The number of benzene rings is 1. The maximum Gasteiger partial charge on any atom is 0.167 e. The highest BCUT2D eigenvalue weighted by atomic mass is 16.5. The van der Waals surface area contributed by atoms with Crippen molar-refractivity contribution in [3.05, 3.63) is 29.6 Å². The second kappa shape index (κ2) is 5.48. The molecule has 0 aliphatic carbocycles. The maximum atomic E-state index is 5.49. The highest BCUT2D eigenvalue weighted by molar-refractivity contribution is 5.65. The van der Waals surface area contributed by atoms with Gasteiger partial charge in [-0.2, -0.15) is 0 Å². The monoisotopic (exact) mass is 286 g/mol. The van der Waals surface area contributed by atoms with Gasteiger partial charge in [-0.3, -0.25) is 0 Å². The molecule has 0 spiro atoms. The minimum Gasteiger partial charge on any atom is -0.496 e. The number of hydrogen-bond donors (Lipinski definition) is 1. The first-order valence-electron chi connectivity index (χ1n) is 7.43. The van der Waals surface area contributed by atoms with Gasteiger partial charge >= 0.3 is 0 Å². The van der Waals surface area contributed by atoms with Crippen molar-refractivity contribution in [2.75, 3.05) is 13.7 Å². The lowest BCUT2D eigenvalue weighted by atomic mass is 10.0. The van der Waals surface area contributed by atoms with E-state index >= 15 is 0 Å². The smallest absolute Gasteiger partial charge is 0.167 e. The number of nitrogens with zero attached hydrogens (tertiary/aromatic N) is 3. The van der Waals surface area contributed by atoms with Gasteiger partial charge in [0.15, 0.2) is 11.6 Å². The molecule has 0 saturated carbocycles. The molecule has 5 heteroatoms. The lowest BCUT2D eigenvalue weighted by Crippen LogP contribution is -2.36. The van der Waals surface area contributed by atoms with Crippen LogP contribution in [-0.2, 0) is 6.54 Å². The first-order chi connectivity index (χ1) is 10.1. The van der Waals surface area contributed by atoms with Gasteiger partial charge < -0.3 is 14.6 Å². The fourth-order valence-corrected chi connectivity index (χ4v) is 2.92. The molecule has 5 nitrogen and oxygen atoms in total. The van der Waals surface area contributed by atoms with Crippen LogP contribution in [0.2, 0.25) is 0 Å². The second-order valence-corrected chi connectivity index (χ2v) is 5.91. The van der Waals surface area contributed by atoms with Crippen LogP contribution in [0.1, 0.15) is 31.3 Å². The summed E-state index contributed by atoms with van der Waals surface area (Å²) in [5.74, 6) is 3.25. The first-order valence-corrected chi connectivity index (χ1v) is 7.43. The number of fused-ring (bicyclic) bond motifs is 1. The SMILES string of the molecule is COc1ccc(C)cc1-c1nnc2n1CCNC2C(C)C. The molecule has 0 saturated heterocycles. The Bertz CT molecular complexity index is 648. The van der Waals surface area contributed by atoms with E-state index in [9.17, 15) is 0 Å². The Morgan fingerprint density at radius 2 is 2.14 bits per heavy atom. The molecular weight excluding hydrogens is 264 g/mol. The van der Waals surface area contributed by atoms with E-state index in [-0.39, 0.29) is 6.04 Å². The zero-order chi connectivity index (χ0) is 15.0. The topological polar surface area (TPSA) is 52.0 Å². The maximum absolute atomic E-state index is 5.49. The molecule has 0 bridgehead atoms. The van der Waals surface area contributed by atoms with Crippen LogP contribution >= 0.6 is 0 Å². The van der Waals surface area contributed by atoms with Gasteiger partial charge in [0.05, 0.1) is 18.7 Å². The highest BCUT2D eigenvalue weighted by Crippen LogP contribution is 2.33. The van der Waals surface area contributed by atoms with Crippen LogP contribution in [-0.4, -0.2) is 28.4 Å². The Kier molecular flexibility index (Phi) is 3.68. The predicted molar refractivity (Wildman–Crippen MR) is 82.3 cm³/mol. The molecule has 21 heavy (non-hydrogen) atoms. The van der Waals surface area contributed by atoms with Crippen molar-refractivity contribution in [3.63, 3.8) is 0 Å².